The zero-order valence-electron chi connectivity index (χ0n) is 12.1. The van der Waals surface area contributed by atoms with E-state index >= 15 is 0 Å². The Hall–Kier alpha value is -2.24. The SMILES string of the molecule is CCOC(=O)C(C)N1C(=O)OC[C@H]1Cc1ccc(O)cc1. The predicted molar refractivity (Wildman–Crippen MR) is 74.9 cm³/mol. The molecule has 1 unspecified atom stereocenters. The Morgan fingerprint density at radius 1 is 1.48 bits per heavy atom. The summed E-state index contributed by atoms with van der Waals surface area (Å²) in [6.07, 6.45) is 0.0507. The summed E-state index contributed by atoms with van der Waals surface area (Å²) in [7, 11) is 0. The number of carbonyl (C=O) groups is 2. The molecule has 1 amide bonds. The maximum Gasteiger partial charge on any atom is 0.410 e. The van der Waals surface area contributed by atoms with Crippen LogP contribution in [0.1, 0.15) is 19.4 Å². The van der Waals surface area contributed by atoms with Gasteiger partial charge in [-0.1, -0.05) is 12.1 Å². The van der Waals surface area contributed by atoms with Crippen molar-refractivity contribution in [3.05, 3.63) is 29.8 Å². The standard InChI is InChI=1S/C15H19NO5/c1-3-20-14(18)10(2)16-12(9-21-15(16)19)8-11-4-6-13(17)7-5-11/h4-7,10,12,17H,3,8-9H2,1-2H3/t10?,12-/m1/s1. The van der Waals surface area contributed by atoms with E-state index in [-0.39, 0.29) is 25.0 Å². The largest absolute Gasteiger partial charge is 0.508 e. The fraction of sp³-hybridized carbons (Fsp3) is 0.467. The van der Waals surface area contributed by atoms with Crippen molar-refractivity contribution >= 4 is 12.1 Å². The summed E-state index contributed by atoms with van der Waals surface area (Å²) in [5.41, 5.74) is 0.956. The van der Waals surface area contributed by atoms with Crippen molar-refractivity contribution < 1.29 is 24.2 Å². The molecule has 1 heterocycles. The number of amides is 1. The van der Waals surface area contributed by atoms with Crippen LogP contribution in [0.4, 0.5) is 4.79 Å². The highest BCUT2D eigenvalue weighted by atomic mass is 16.6. The second kappa shape index (κ2) is 6.47. The minimum Gasteiger partial charge on any atom is -0.508 e. The number of esters is 1. The van der Waals surface area contributed by atoms with Gasteiger partial charge in [0.25, 0.3) is 0 Å². The van der Waals surface area contributed by atoms with Crippen LogP contribution in [0, 0.1) is 0 Å². The van der Waals surface area contributed by atoms with Crippen LogP contribution < -0.4 is 0 Å². The molecule has 2 rings (SSSR count). The van der Waals surface area contributed by atoms with Gasteiger partial charge in [-0.15, -0.1) is 0 Å². The number of phenols is 1. The van der Waals surface area contributed by atoms with Crippen LogP contribution in [0.5, 0.6) is 5.75 Å². The van der Waals surface area contributed by atoms with E-state index in [2.05, 4.69) is 0 Å². The lowest BCUT2D eigenvalue weighted by Gasteiger charge is -2.26. The number of cyclic esters (lactones) is 1. The lowest BCUT2D eigenvalue weighted by Crippen LogP contribution is -2.46. The number of nitrogens with zero attached hydrogens (tertiary/aromatic N) is 1. The van der Waals surface area contributed by atoms with Crippen LogP contribution in [-0.2, 0) is 20.7 Å². The third kappa shape index (κ3) is 3.45. The second-order valence-corrected chi connectivity index (χ2v) is 4.94. The summed E-state index contributed by atoms with van der Waals surface area (Å²) in [4.78, 5) is 25.1. The number of ether oxygens (including phenoxy) is 2. The molecule has 0 radical (unpaired) electrons. The summed E-state index contributed by atoms with van der Waals surface area (Å²) in [6, 6.07) is 5.85. The molecule has 1 fully saturated rings. The van der Waals surface area contributed by atoms with Gasteiger partial charge >= 0.3 is 12.1 Å². The minimum atomic E-state index is -0.679. The molecule has 1 aliphatic heterocycles. The molecule has 1 aromatic carbocycles. The van der Waals surface area contributed by atoms with Crippen molar-refractivity contribution in [2.75, 3.05) is 13.2 Å². The Kier molecular flexibility index (Phi) is 4.67. The second-order valence-electron chi connectivity index (χ2n) is 4.94. The van der Waals surface area contributed by atoms with E-state index in [1.54, 1.807) is 38.1 Å². The number of phenolic OH excluding ortho intramolecular Hbond substituents is 1. The Bertz CT molecular complexity index is 513. The number of benzene rings is 1. The van der Waals surface area contributed by atoms with Crippen LogP contribution in [0.25, 0.3) is 0 Å². The Labute approximate surface area is 123 Å². The summed E-state index contributed by atoms with van der Waals surface area (Å²) in [5.74, 6) is -0.249. The molecule has 6 heteroatoms. The molecule has 0 aliphatic carbocycles. The van der Waals surface area contributed by atoms with Crippen LogP contribution in [0.3, 0.4) is 0 Å². The quantitative estimate of drug-likeness (QED) is 0.836. The Morgan fingerprint density at radius 3 is 2.76 bits per heavy atom. The average molecular weight is 293 g/mol. The van der Waals surface area contributed by atoms with Gasteiger partial charge in [0.15, 0.2) is 0 Å². The fourth-order valence-corrected chi connectivity index (χ4v) is 2.38. The minimum absolute atomic E-state index is 0.189. The van der Waals surface area contributed by atoms with Gasteiger partial charge in [-0.05, 0) is 38.0 Å². The van der Waals surface area contributed by atoms with Gasteiger partial charge < -0.3 is 14.6 Å². The monoisotopic (exact) mass is 293 g/mol. The molecular weight excluding hydrogens is 274 g/mol. The Morgan fingerprint density at radius 2 is 2.14 bits per heavy atom. The lowest BCUT2D eigenvalue weighted by atomic mass is 10.0. The Balaban J connectivity index is 2.09. The smallest absolute Gasteiger partial charge is 0.410 e. The lowest BCUT2D eigenvalue weighted by molar-refractivity contribution is -0.148. The molecule has 1 N–H and O–H groups in total. The van der Waals surface area contributed by atoms with Gasteiger partial charge in [-0.2, -0.15) is 0 Å². The molecular formula is C15H19NO5. The molecule has 0 bridgehead atoms. The first kappa shape index (κ1) is 15.2. The van der Waals surface area contributed by atoms with E-state index in [4.69, 9.17) is 9.47 Å². The number of carbonyl (C=O) groups excluding carboxylic acids is 2. The number of hydrogen-bond donors (Lipinski definition) is 1. The summed E-state index contributed by atoms with van der Waals surface area (Å²) < 4.78 is 10.0. The third-order valence-corrected chi connectivity index (χ3v) is 3.46. The molecule has 6 nitrogen and oxygen atoms in total. The highest BCUT2D eigenvalue weighted by molar-refractivity contribution is 5.82. The van der Waals surface area contributed by atoms with Crippen LogP contribution in [0.2, 0.25) is 0 Å². The van der Waals surface area contributed by atoms with E-state index in [0.29, 0.717) is 6.42 Å². The van der Waals surface area contributed by atoms with E-state index in [1.165, 1.54) is 4.90 Å². The van der Waals surface area contributed by atoms with Gasteiger partial charge in [0.1, 0.15) is 18.4 Å². The first-order chi connectivity index (χ1) is 10.0. The van der Waals surface area contributed by atoms with Crippen molar-refractivity contribution in [1.29, 1.82) is 0 Å². The average Bonchev–Trinajstić information content (AvgIpc) is 2.82. The number of aromatic hydroxyl groups is 1. The molecule has 0 saturated carbocycles. The summed E-state index contributed by atoms with van der Waals surface area (Å²) in [6.45, 7) is 3.87. The molecule has 0 spiro atoms. The third-order valence-electron chi connectivity index (χ3n) is 3.46. The van der Waals surface area contributed by atoms with Crippen molar-refractivity contribution in [2.24, 2.45) is 0 Å². The van der Waals surface area contributed by atoms with Gasteiger partial charge in [0.2, 0.25) is 0 Å². The molecule has 1 saturated heterocycles. The first-order valence-electron chi connectivity index (χ1n) is 6.92. The van der Waals surface area contributed by atoms with Gasteiger partial charge in [-0.25, -0.2) is 9.59 Å². The fourth-order valence-electron chi connectivity index (χ4n) is 2.38. The van der Waals surface area contributed by atoms with Crippen molar-refractivity contribution in [3.63, 3.8) is 0 Å². The zero-order chi connectivity index (χ0) is 15.4. The normalized spacial score (nSPS) is 19.2. The topological polar surface area (TPSA) is 76.1 Å². The molecule has 1 aliphatic rings. The van der Waals surface area contributed by atoms with E-state index < -0.39 is 18.1 Å². The van der Waals surface area contributed by atoms with Gasteiger partial charge in [-0.3, -0.25) is 4.90 Å². The molecule has 0 aromatic heterocycles. The molecule has 2 atom stereocenters. The number of rotatable bonds is 5. The first-order valence-corrected chi connectivity index (χ1v) is 6.92. The molecule has 114 valence electrons. The van der Waals surface area contributed by atoms with Crippen LogP contribution in [-0.4, -0.2) is 47.4 Å². The maximum atomic E-state index is 11.8. The molecule has 1 aromatic rings. The van der Waals surface area contributed by atoms with E-state index in [9.17, 15) is 14.7 Å². The van der Waals surface area contributed by atoms with E-state index in [0.717, 1.165) is 5.56 Å². The zero-order valence-corrected chi connectivity index (χ0v) is 12.1. The van der Waals surface area contributed by atoms with Crippen molar-refractivity contribution in [1.82, 2.24) is 4.90 Å². The highest BCUT2D eigenvalue weighted by Crippen LogP contribution is 2.21. The van der Waals surface area contributed by atoms with Crippen molar-refractivity contribution in [3.8, 4) is 5.75 Å². The van der Waals surface area contributed by atoms with E-state index in [1.807, 2.05) is 0 Å². The summed E-state index contributed by atoms with van der Waals surface area (Å²) >= 11 is 0. The number of hydrogen-bond acceptors (Lipinski definition) is 5. The highest BCUT2D eigenvalue weighted by Gasteiger charge is 2.39. The van der Waals surface area contributed by atoms with Crippen LogP contribution >= 0.6 is 0 Å². The van der Waals surface area contributed by atoms with Crippen molar-refractivity contribution in [2.45, 2.75) is 32.4 Å². The molecule has 21 heavy (non-hydrogen) atoms. The predicted octanol–water partition coefficient (Wildman–Crippen LogP) is 1.71. The van der Waals surface area contributed by atoms with Crippen LogP contribution in [0.15, 0.2) is 24.3 Å². The van der Waals surface area contributed by atoms with Gasteiger partial charge in [0, 0.05) is 0 Å². The van der Waals surface area contributed by atoms with Gasteiger partial charge in [0.05, 0.1) is 12.6 Å². The summed E-state index contributed by atoms with van der Waals surface area (Å²) in [5, 5.41) is 9.28. The maximum absolute atomic E-state index is 11.8.